The summed E-state index contributed by atoms with van der Waals surface area (Å²) in [5, 5.41) is 0. The van der Waals surface area contributed by atoms with Gasteiger partial charge in [-0.05, 0) is 41.5 Å². The summed E-state index contributed by atoms with van der Waals surface area (Å²) in [6.07, 6.45) is 1.76. The van der Waals surface area contributed by atoms with Crippen molar-refractivity contribution in [3.8, 4) is 0 Å². The Hall–Kier alpha value is -1.67. The predicted molar refractivity (Wildman–Crippen MR) is 128 cm³/mol. The molecule has 1 radical (unpaired) electrons. The van der Waals surface area contributed by atoms with E-state index in [1.807, 2.05) is 0 Å². The van der Waals surface area contributed by atoms with Crippen LogP contribution in [0.3, 0.4) is 0 Å². The molecule has 12 nitrogen and oxygen atoms in total. The van der Waals surface area contributed by atoms with Gasteiger partial charge in [-0.1, -0.05) is 18.2 Å². The Morgan fingerprint density at radius 1 is 0.886 bits per heavy atom. The number of primary amides is 2. The number of carbonyl (C=O) groups is 2. The SMILES string of the molecule is NC(=O)c1ccc(C2(S(=O)(=O)O)CC(N)=CC=C2c2ccc(N)cc2S(=O)(=O)O)c(C(N)=O)c1.[Cs]. The fourth-order valence-corrected chi connectivity index (χ4v) is 5.91. The third-order valence-corrected chi connectivity index (χ3v) is 7.73. The van der Waals surface area contributed by atoms with Gasteiger partial charge in [-0.3, -0.25) is 18.7 Å². The molecule has 1 unspecified atom stereocenters. The van der Waals surface area contributed by atoms with Gasteiger partial charge in [0.2, 0.25) is 11.8 Å². The van der Waals surface area contributed by atoms with Crippen molar-refractivity contribution in [2.45, 2.75) is 16.1 Å². The Morgan fingerprint density at radius 3 is 2.03 bits per heavy atom. The summed E-state index contributed by atoms with van der Waals surface area (Å²) in [6, 6.07) is 6.37. The molecule has 0 fully saturated rings. The van der Waals surface area contributed by atoms with Crippen LogP contribution in [0.5, 0.6) is 0 Å². The van der Waals surface area contributed by atoms with Crippen molar-refractivity contribution in [1.29, 1.82) is 0 Å². The van der Waals surface area contributed by atoms with Gasteiger partial charge >= 0.3 is 0 Å². The second kappa shape index (κ2) is 10.4. The van der Waals surface area contributed by atoms with Crippen LogP contribution < -0.4 is 22.9 Å². The molecule has 1 aliphatic rings. The fourth-order valence-electron chi connectivity index (χ4n) is 3.91. The predicted octanol–water partition coefficient (Wildman–Crippen LogP) is -0.254. The van der Waals surface area contributed by atoms with Gasteiger partial charge in [0.1, 0.15) is 4.90 Å². The van der Waals surface area contributed by atoms with Gasteiger partial charge in [0.05, 0.1) is 0 Å². The molecule has 0 aromatic heterocycles. The fraction of sp³-hybridized carbons (Fsp3) is 0.100. The van der Waals surface area contributed by atoms with E-state index in [9.17, 15) is 35.5 Å². The monoisotopic (exact) mass is 641 g/mol. The Balaban J connectivity index is 0.00000432. The number of rotatable bonds is 6. The van der Waals surface area contributed by atoms with Gasteiger partial charge < -0.3 is 22.9 Å². The number of benzene rings is 2. The van der Waals surface area contributed by atoms with Crippen LogP contribution in [0.2, 0.25) is 0 Å². The molecule has 3 rings (SSSR count). The Labute approximate surface area is 259 Å². The maximum atomic E-state index is 13.0. The number of carbonyl (C=O) groups excluding carboxylic acids is 2. The summed E-state index contributed by atoms with van der Waals surface area (Å²) in [6.45, 7) is 0. The molecule has 15 heteroatoms. The largest absolute Gasteiger partial charge is 0.402 e. The average molecular weight is 641 g/mol. The molecule has 2 aromatic carbocycles. The zero-order valence-electron chi connectivity index (χ0n) is 18.3. The van der Waals surface area contributed by atoms with E-state index in [1.54, 1.807) is 0 Å². The standard InChI is InChI=1S/C20H20N4O8S2.Cs/c21-11-2-4-13(17(8-11)33(27,28)29)15-6-3-12(22)9-20(15,34(30,31)32)16-5-1-10(18(23)25)7-14(16)19(24)26;/h1-8H,9,21-22H2,(H2,23,25)(H2,24,26)(H,27,28,29)(H,30,31,32);. The first-order chi connectivity index (χ1) is 15.6. The Kier molecular flexibility index (Phi) is 8.76. The molecular weight excluding hydrogens is 621 g/mol. The first kappa shape index (κ1) is 29.6. The van der Waals surface area contributed by atoms with Crippen LogP contribution in [0.1, 0.15) is 38.3 Å². The quantitative estimate of drug-likeness (QED) is 0.178. The molecule has 181 valence electrons. The van der Waals surface area contributed by atoms with E-state index in [0.717, 1.165) is 36.4 Å². The van der Waals surface area contributed by atoms with E-state index in [4.69, 9.17) is 22.9 Å². The zero-order chi connectivity index (χ0) is 25.6. The summed E-state index contributed by atoms with van der Waals surface area (Å²) in [5.41, 5.74) is 20.4. The van der Waals surface area contributed by atoms with Crippen LogP contribution >= 0.6 is 0 Å². The molecule has 1 aliphatic carbocycles. The number of amides is 2. The van der Waals surface area contributed by atoms with Crippen molar-refractivity contribution in [3.05, 3.63) is 76.5 Å². The van der Waals surface area contributed by atoms with Gasteiger partial charge in [0.25, 0.3) is 20.2 Å². The smallest absolute Gasteiger partial charge is 0.295 e. The van der Waals surface area contributed by atoms with Crippen molar-refractivity contribution < 1.29 is 35.5 Å². The molecule has 35 heavy (non-hydrogen) atoms. The summed E-state index contributed by atoms with van der Waals surface area (Å²) in [5.74, 6) is -2.11. The topological polar surface area (TPSA) is 247 Å². The second-order valence-electron chi connectivity index (χ2n) is 7.52. The van der Waals surface area contributed by atoms with Crippen LogP contribution in [0.4, 0.5) is 5.69 Å². The second-order valence-corrected chi connectivity index (χ2v) is 10.6. The van der Waals surface area contributed by atoms with Crippen LogP contribution in [-0.4, -0.2) is 107 Å². The number of nitrogen functional groups attached to an aromatic ring is 1. The number of hydrogen-bond acceptors (Lipinski definition) is 8. The zero-order valence-corrected chi connectivity index (χ0v) is 26.2. The number of hydrogen-bond donors (Lipinski definition) is 6. The maximum absolute atomic E-state index is 13.0. The van der Waals surface area contributed by atoms with Crippen molar-refractivity contribution in [3.63, 3.8) is 0 Å². The van der Waals surface area contributed by atoms with E-state index in [0.29, 0.717) is 0 Å². The Bertz CT molecular complexity index is 1520. The molecule has 0 saturated heterocycles. The molecule has 0 heterocycles. The van der Waals surface area contributed by atoms with E-state index in [1.165, 1.54) is 12.1 Å². The van der Waals surface area contributed by atoms with E-state index < -0.39 is 59.2 Å². The first-order valence-corrected chi connectivity index (χ1v) is 12.2. The molecule has 10 N–H and O–H groups in total. The minimum atomic E-state index is -5.25. The normalized spacial score (nSPS) is 18.1. The molecule has 2 aromatic rings. The summed E-state index contributed by atoms with van der Waals surface area (Å²) in [4.78, 5) is 23.1. The van der Waals surface area contributed by atoms with Crippen LogP contribution in [0.15, 0.2) is 59.1 Å². The molecule has 0 aliphatic heterocycles. The molecule has 0 bridgehead atoms. The molecule has 0 spiro atoms. The van der Waals surface area contributed by atoms with E-state index in [2.05, 4.69) is 0 Å². The van der Waals surface area contributed by atoms with Gasteiger partial charge in [0.15, 0.2) is 4.75 Å². The molecule has 0 saturated carbocycles. The van der Waals surface area contributed by atoms with E-state index in [-0.39, 0.29) is 97.0 Å². The third-order valence-electron chi connectivity index (χ3n) is 5.37. The summed E-state index contributed by atoms with van der Waals surface area (Å²) in [7, 11) is -10.2. The van der Waals surface area contributed by atoms with Crippen molar-refractivity contribution in [1.82, 2.24) is 0 Å². The Morgan fingerprint density at radius 2 is 1.51 bits per heavy atom. The summed E-state index contributed by atoms with van der Waals surface area (Å²) >= 11 is 0. The van der Waals surface area contributed by atoms with Crippen molar-refractivity contribution in [2.24, 2.45) is 17.2 Å². The van der Waals surface area contributed by atoms with Crippen LogP contribution in [-0.2, 0) is 25.0 Å². The van der Waals surface area contributed by atoms with Gasteiger partial charge in [0, 0.05) is 103 Å². The number of anilines is 1. The molecular formula is C20H20CsN4O8S2. The van der Waals surface area contributed by atoms with Crippen molar-refractivity contribution >= 4 is 112 Å². The van der Waals surface area contributed by atoms with Gasteiger partial charge in [-0.2, -0.15) is 16.8 Å². The molecule has 1 atom stereocenters. The minimum Gasteiger partial charge on any atom is -0.402 e. The van der Waals surface area contributed by atoms with Crippen molar-refractivity contribution in [2.75, 3.05) is 5.73 Å². The van der Waals surface area contributed by atoms with Gasteiger partial charge in [-0.25, -0.2) is 0 Å². The van der Waals surface area contributed by atoms with Gasteiger partial charge in [-0.15, -0.1) is 0 Å². The van der Waals surface area contributed by atoms with Crippen LogP contribution in [0.25, 0.3) is 5.57 Å². The molecule has 2 amide bonds. The first-order valence-electron chi connectivity index (χ1n) is 9.35. The summed E-state index contributed by atoms with van der Waals surface area (Å²) < 4.78 is 67.9. The third kappa shape index (κ3) is 5.53. The van der Waals surface area contributed by atoms with Crippen LogP contribution in [0, 0.1) is 0 Å². The number of nitrogens with two attached hydrogens (primary N) is 4. The minimum absolute atomic E-state index is 0. The maximum Gasteiger partial charge on any atom is 0.295 e. The van der Waals surface area contributed by atoms with E-state index >= 15 is 0 Å². The average Bonchev–Trinajstić information content (AvgIpc) is 2.71. The number of allylic oxidation sites excluding steroid dienone is 3.